The number of hydrogen-bond acceptors (Lipinski definition) is 2. The number of pyridine rings is 1. The molecule has 0 radical (unpaired) electrons. The number of ether oxygens (including phenoxy) is 1. The molecule has 10 heavy (non-hydrogen) atoms. The first-order chi connectivity index (χ1) is 4.88. The minimum absolute atomic E-state index is 0.441. The molecule has 0 saturated carbocycles. The molecule has 0 N–H and O–H groups in total. The molecule has 0 aliphatic heterocycles. The Kier molecular flexibility index (Phi) is 2.51. The van der Waals surface area contributed by atoms with Gasteiger partial charge in [0.15, 0.2) is 0 Å². The van der Waals surface area contributed by atoms with Gasteiger partial charge in [0.1, 0.15) is 5.75 Å². The summed E-state index contributed by atoms with van der Waals surface area (Å²) in [6, 6.07) is 1.79. The van der Waals surface area contributed by atoms with Gasteiger partial charge in [-0.3, -0.25) is 4.98 Å². The molecule has 0 saturated heterocycles. The molecule has 0 spiro atoms. The van der Waals surface area contributed by atoms with Crippen molar-refractivity contribution in [1.82, 2.24) is 4.98 Å². The lowest BCUT2D eigenvalue weighted by atomic mass is 10.3. The van der Waals surface area contributed by atoms with Crippen LogP contribution in [-0.2, 0) is 5.88 Å². The van der Waals surface area contributed by atoms with E-state index in [-0.39, 0.29) is 0 Å². The van der Waals surface area contributed by atoms with E-state index < -0.39 is 0 Å². The van der Waals surface area contributed by atoms with Gasteiger partial charge in [-0.05, 0) is 6.07 Å². The van der Waals surface area contributed by atoms with Gasteiger partial charge in [-0.15, -0.1) is 11.6 Å². The Hall–Kier alpha value is -0.760. The Morgan fingerprint density at radius 1 is 1.70 bits per heavy atom. The number of hydrogen-bond donors (Lipinski definition) is 0. The minimum Gasteiger partial charge on any atom is -0.496 e. The summed E-state index contributed by atoms with van der Waals surface area (Å²) in [5.74, 6) is 1.24. The lowest BCUT2D eigenvalue weighted by Gasteiger charge is -2.02. The van der Waals surface area contributed by atoms with E-state index in [1.165, 1.54) is 0 Å². The predicted octanol–water partition coefficient (Wildman–Crippen LogP) is 1.83. The van der Waals surface area contributed by atoms with Crippen molar-refractivity contribution in [2.45, 2.75) is 5.88 Å². The van der Waals surface area contributed by atoms with Crippen LogP contribution in [0.25, 0.3) is 0 Å². The molecule has 0 aliphatic carbocycles. The van der Waals surface area contributed by atoms with Crippen molar-refractivity contribution in [2.24, 2.45) is 0 Å². The van der Waals surface area contributed by atoms with Crippen LogP contribution in [0.15, 0.2) is 18.5 Å². The SMILES string of the molecule is COc1ccncc1CCl. The van der Waals surface area contributed by atoms with E-state index in [4.69, 9.17) is 16.3 Å². The molecule has 54 valence electrons. The molecule has 0 aliphatic rings. The van der Waals surface area contributed by atoms with Gasteiger partial charge in [-0.1, -0.05) is 0 Å². The molecule has 0 amide bonds. The van der Waals surface area contributed by atoms with E-state index in [0.717, 1.165) is 11.3 Å². The molecular weight excluding hydrogens is 150 g/mol. The molecule has 1 aromatic rings. The number of aromatic nitrogens is 1. The first kappa shape index (κ1) is 7.35. The summed E-state index contributed by atoms with van der Waals surface area (Å²) >= 11 is 5.59. The third-order valence-corrected chi connectivity index (χ3v) is 1.51. The fourth-order valence-electron chi connectivity index (χ4n) is 0.714. The van der Waals surface area contributed by atoms with Crippen molar-refractivity contribution < 1.29 is 4.74 Å². The zero-order valence-corrected chi connectivity index (χ0v) is 6.43. The van der Waals surface area contributed by atoms with Gasteiger partial charge < -0.3 is 4.74 Å². The van der Waals surface area contributed by atoms with Crippen molar-refractivity contribution in [3.63, 3.8) is 0 Å². The Labute approximate surface area is 64.8 Å². The van der Waals surface area contributed by atoms with Crippen LogP contribution >= 0.6 is 11.6 Å². The minimum atomic E-state index is 0.441. The van der Waals surface area contributed by atoms with E-state index >= 15 is 0 Å². The highest BCUT2D eigenvalue weighted by Crippen LogP contribution is 2.16. The van der Waals surface area contributed by atoms with Crippen LogP contribution in [0.2, 0.25) is 0 Å². The molecule has 1 heterocycles. The summed E-state index contributed by atoms with van der Waals surface area (Å²) in [6.45, 7) is 0. The van der Waals surface area contributed by atoms with E-state index in [0.29, 0.717) is 5.88 Å². The molecule has 0 bridgehead atoms. The molecule has 1 rings (SSSR count). The summed E-state index contributed by atoms with van der Waals surface area (Å²) in [5, 5.41) is 0. The molecule has 2 nitrogen and oxygen atoms in total. The first-order valence-electron chi connectivity index (χ1n) is 2.91. The summed E-state index contributed by atoms with van der Waals surface area (Å²) in [6.07, 6.45) is 3.38. The summed E-state index contributed by atoms with van der Waals surface area (Å²) < 4.78 is 5.01. The van der Waals surface area contributed by atoms with Crippen LogP contribution in [0.5, 0.6) is 5.75 Å². The highest BCUT2D eigenvalue weighted by Gasteiger charge is 1.97. The maximum absolute atomic E-state index is 5.59. The van der Waals surface area contributed by atoms with Gasteiger partial charge in [0.25, 0.3) is 0 Å². The van der Waals surface area contributed by atoms with Crippen molar-refractivity contribution >= 4 is 11.6 Å². The molecule has 0 atom stereocenters. The second-order valence-electron chi connectivity index (χ2n) is 1.82. The van der Waals surface area contributed by atoms with Crippen LogP contribution in [-0.4, -0.2) is 12.1 Å². The van der Waals surface area contributed by atoms with Gasteiger partial charge in [-0.2, -0.15) is 0 Å². The van der Waals surface area contributed by atoms with Crippen molar-refractivity contribution in [3.05, 3.63) is 24.0 Å². The van der Waals surface area contributed by atoms with Crippen molar-refractivity contribution in [1.29, 1.82) is 0 Å². The third-order valence-electron chi connectivity index (χ3n) is 1.22. The highest BCUT2D eigenvalue weighted by molar-refractivity contribution is 6.17. The van der Waals surface area contributed by atoms with Crippen LogP contribution < -0.4 is 4.74 Å². The monoisotopic (exact) mass is 157 g/mol. The van der Waals surface area contributed by atoms with Crippen LogP contribution in [0, 0.1) is 0 Å². The van der Waals surface area contributed by atoms with Crippen LogP contribution in [0.1, 0.15) is 5.56 Å². The Bertz CT molecular complexity index is 192. The summed E-state index contributed by atoms with van der Waals surface area (Å²) in [7, 11) is 1.62. The second kappa shape index (κ2) is 3.42. The van der Waals surface area contributed by atoms with Crippen LogP contribution in [0.4, 0.5) is 0 Å². The molecule has 1 aromatic heterocycles. The topological polar surface area (TPSA) is 22.1 Å². The largest absolute Gasteiger partial charge is 0.496 e. The average molecular weight is 158 g/mol. The fraction of sp³-hybridized carbons (Fsp3) is 0.286. The number of alkyl halides is 1. The fourth-order valence-corrected chi connectivity index (χ4v) is 0.915. The molecular formula is C7H8ClNO. The molecule has 0 fully saturated rings. The number of rotatable bonds is 2. The summed E-state index contributed by atoms with van der Waals surface area (Å²) in [4.78, 5) is 3.90. The van der Waals surface area contributed by atoms with Crippen molar-refractivity contribution in [2.75, 3.05) is 7.11 Å². The first-order valence-corrected chi connectivity index (χ1v) is 3.44. The van der Waals surface area contributed by atoms with E-state index in [2.05, 4.69) is 4.98 Å². The maximum atomic E-state index is 5.59. The standard InChI is InChI=1S/C7H8ClNO/c1-10-7-2-3-9-5-6(7)4-8/h2-3,5H,4H2,1H3. The Balaban J connectivity index is 2.96. The van der Waals surface area contributed by atoms with E-state index in [1.54, 1.807) is 25.6 Å². The normalized spacial score (nSPS) is 9.40. The van der Waals surface area contributed by atoms with Crippen LogP contribution in [0.3, 0.4) is 0 Å². The van der Waals surface area contributed by atoms with Gasteiger partial charge >= 0.3 is 0 Å². The van der Waals surface area contributed by atoms with E-state index in [9.17, 15) is 0 Å². The third kappa shape index (κ3) is 1.39. The smallest absolute Gasteiger partial charge is 0.126 e. The molecule has 0 unspecified atom stereocenters. The predicted molar refractivity (Wildman–Crippen MR) is 40.3 cm³/mol. The lowest BCUT2D eigenvalue weighted by Crippen LogP contribution is -1.89. The maximum Gasteiger partial charge on any atom is 0.126 e. The van der Waals surface area contributed by atoms with Gasteiger partial charge in [0, 0.05) is 18.0 Å². The Morgan fingerprint density at radius 2 is 2.50 bits per heavy atom. The average Bonchev–Trinajstić information content (AvgIpc) is 2.04. The zero-order valence-electron chi connectivity index (χ0n) is 5.67. The number of methoxy groups -OCH3 is 1. The molecule has 3 heteroatoms. The lowest BCUT2D eigenvalue weighted by molar-refractivity contribution is 0.410. The van der Waals surface area contributed by atoms with Crippen molar-refractivity contribution in [3.8, 4) is 5.75 Å². The quantitative estimate of drug-likeness (QED) is 0.611. The highest BCUT2D eigenvalue weighted by atomic mass is 35.5. The van der Waals surface area contributed by atoms with Gasteiger partial charge in [0.2, 0.25) is 0 Å². The van der Waals surface area contributed by atoms with Gasteiger partial charge in [0.05, 0.1) is 13.0 Å². The zero-order chi connectivity index (χ0) is 7.40. The van der Waals surface area contributed by atoms with E-state index in [1.807, 2.05) is 0 Å². The van der Waals surface area contributed by atoms with Gasteiger partial charge in [-0.25, -0.2) is 0 Å². The summed E-state index contributed by atoms with van der Waals surface area (Å²) in [5.41, 5.74) is 0.923. The molecule has 0 aromatic carbocycles. The number of halogens is 1. The second-order valence-corrected chi connectivity index (χ2v) is 2.09. The number of nitrogens with zero attached hydrogens (tertiary/aromatic N) is 1. The Morgan fingerprint density at radius 3 is 3.00 bits per heavy atom.